The highest BCUT2D eigenvalue weighted by atomic mass is 19.3. The first-order chi connectivity index (χ1) is 9.47. The minimum absolute atomic E-state index is 0.00128. The zero-order valence-corrected chi connectivity index (χ0v) is 11.8. The van der Waals surface area contributed by atoms with E-state index >= 15 is 0 Å². The second kappa shape index (κ2) is 6.29. The maximum absolute atomic E-state index is 12.9. The van der Waals surface area contributed by atoms with E-state index in [2.05, 4.69) is 17.2 Å². The largest absolute Gasteiger partial charge is 0.349 e. The van der Waals surface area contributed by atoms with Crippen LogP contribution in [0, 0.1) is 12.8 Å². The Kier molecular flexibility index (Phi) is 4.68. The van der Waals surface area contributed by atoms with Crippen molar-refractivity contribution in [1.82, 2.24) is 10.3 Å². The Hall–Kier alpha value is -1.52. The summed E-state index contributed by atoms with van der Waals surface area (Å²) in [5.74, 6) is 0.247. The van der Waals surface area contributed by atoms with Crippen molar-refractivity contribution in [3.63, 3.8) is 0 Å². The van der Waals surface area contributed by atoms with Crippen molar-refractivity contribution in [2.45, 2.75) is 52.0 Å². The van der Waals surface area contributed by atoms with Gasteiger partial charge in [0.15, 0.2) is 0 Å². The van der Waals surface area contributed by atoms with Crippen LogP contribution >= 0.6 is 0 Å². The summed E-state index contributed by atoms with van der Waals surface area (Å²) in [4.78, 5) is 15.9. The second-order valence-corrected chi connectivity index (χ2v) is 5.68. The van der Waals surface area contributed by atoms with Crippen LogP contribution in [0.4, 0.5) is 8.78 Å². The van der Waals surface area contributed by atoms with Gasteiger partial charge in [0.05, 0.1) is 5.56 Å². The van der Waals surface area contributed by atoms with Gasteiger partial charge in [-0.2, -0.15) is 0 Å². The third-order valence-electron chi connectivity index (χ3n) is 3.86. The molecule has 1 aromatic rings. The number of aromatic nitrogens is 1. The second-order valence-electron chi connectivity index (χ2n) is 5.68. The molecule has 5 heteroatoms. The van der Waals surface area contributed by atoms with E-state index in [0.29, 0.717) is 11.5 Å². The first-order valence-corrected chi connectivity index (χ1v) is 7.03. The number of amides is 1. The molecule has 2 rings (SSSR count). The molecule has 0 aliphatic heterocycles. The predicted molar refractivity (Wildman–Crippen MR) is 72.8 cm³/mol. The third-order valence-corrected chi connectivity index (χ3v) is 3.86. The zero-order valence-electron chi connectivity index (χ0n) is 11.8. The molecule has 0 radical (unpaired) electrons. The highest BCUT2D eigenvalue weighted by Gasteiger charge is 2.24. The summed E-state index contributed by atoms with van der Waals surface area (Å²) in [6, 6.07) is 1.57. The van der Waals surface area contributed by atoms with E-state index in [1.807, 2.05) is 0 Å². The fraction of sp³-hybridized carbons (Fsp3) is 0.600. The number of aryl methyl sites for hydroxylation is 1. The van der Waals surface area contributed by atoms with Gasteiger partial charge in [-0.15, -0.1) is 0 Å². The van der Waals surface area contributed by atoms with Crippen molar-refractivity contribution < 1.29 is 13.6 Å². The Morgan fingerprint density at radius 3 is 2.60 bits per heavy atom. The van der Waals surface area contributed by atoms with Gasteiger partial charge >= 0.3 is 0 Å². The molecule has 1 aliphatic rings. The number of rotatable bonds is 3. The lowest BCUT2D eigenvalue weighted by Crippen LogP contribution is -2.37. The van der Waals surface area contributed by atoms with E-state index in [0.717, 1.165) is 25.7 Å². The van der Waals surface area contributed by atoms with Gasteiger partial charge in [-0.25, -0.2) is 8.78 Å². The van der Waals surface area contributed by atoms with Crippen LogP contribution in [0.1, 0.15) is 60.6 Å². The highest BCUT2D eigenvalue weighted by Crippen LogP contribution is 2.25. The van der Waals surface area contributed by atoms with Crippen LogP contribution in [0.5, 0.6) is 0 Å². The van der Waals surface area contributed by atoms with Gasteiger partial charge in [0.1, 0.15) is 5.69 Å². The molecule has 0 bridgehead atoms. The molecule has 1 saturated carbocycles. The van der Waals surface area contributed by atoms with Crippen LogP contribution in [0.2, 0.25) is 0 Å². The molecular formula is C15H20F2N2O. The smallest absolute Gasteiger partial charge is 0.281 e. The summed E-state index contributed by atoms with van der Waals surface area (Å²) in [5.41, 5.74) is 0.271. The number of halogens is 2. The average Bonchev–Trinajstić information content (AvgIpc) is 2.41. The van der Waals surface area contributed by atoms with Crippen LogP contribution in [0.15, 0.2) is 12.3 Å². The SMILES string of the molecule is Cc1cnc(C(F)F)c(C(=O)N[C@H]2CC[C@H](C)CC2)c1. The molecule has 1 amide bonds. The summed E-state index contributed by atoms with van der Waals surface area (Å²) in [6.45, 7) is 3.93. The van der Waals surface area contributed by atoms with Crippen LogP contribution < -0.4 is 5.32 Å². The number of carbonyl (C=O) groups is 1. The number of alkyl halides is 2. The minimum Gasteiger partial charge on any atom is -0.349 e. The zero-order chi connectivity index (χ0) is 14.7. The Balaban J connectivity index is 2.10. The molecule has 0 saturated heterocycles. The van der Waals surface area contributed by atoms with Gasteiger partial charge in [0.2, 0.25) is 0 Å². The van der Waals surface area contributed by atoms with E-state index in [-0.39, 0.29) is 11.6 Å². The lowest BCUT2D eigenvalue weighted by Gasteiger charge is -2.27. The molecule has 1 fully saturated rings. The molecule has 3 nitrogen and oxygen atoms in total. The van der Waals surface area contributed by atoms with E-state index in [1.54, 1.807) is 6.92 Å². The third kappa shape index (κ3) is 3.52. The lowest BCUT2D eigenvalue weighted by atomic mass is 9.87. The molecule has 1 aliphatic carbocycles. The molecular weight excluding hydrogens is 262 g/mol. The van der Waals surface area contributed by atoms with E-state index in [9.17, 15) is 13.6 Å². The number of nitrogens with one attached hydrogen (secondary N) is 1. The van der Waals surface area contributed by atoms with Crippen molar-refractivity contribution in [2.75, 3.05) is 0 Å². The van der Waals surface area contributed by atoms with E-state index in [1.165, 1.54) is 12.3 Å². The minimum atomic E-state index is -2.73. The molecule has 0 atom stereocenters. The summed E-state index contributed by atoms with van der Waals surface area (Å²) in [5, 5.41) is 2.87. The number of hydrogen-bond donors (Lipinski definition) is 1. The van der Waals surface area contributed by atoms with Gasteiger partial charge < -0.3 is 5.32 Å². The Morgan fingerprint density at radius 1 is 1.35 bits per heavy atom. The number of nitrogens with zero attached hydrogens (tertiary/aromatic N) is 1. The van der Waals surface area contributed by atoms with E-state index < -0.39 is 18.0 Å². The maximum Gasteiger partial charge on any atom is 0.281 e. The molecule has 20 heavy (non-hydrogen) atoms. The first-order valence-electron chi connectivity index (χ1n) is 7.03. The van der Waals surface area contributed by atoms with Gasteiger partial charge in [-0.3, -0.25) is 9.78 Å². The fourth-order valence-electron chi connectivity index (χ4n) is 2.60. The average molecular weight is 282 g/mol. The lowest BCUT2D eigenvalue weighted by molar-refractivity contribution is 0.0906. The molecule has 0 spiro atoms. The van der Waals surface area contributed by atoms with Crippen molar-refractivity contribution in [2.24, 2.45) is 5.92 Å². The summed E-state index contributed by atoms with van der Waals surface area (Å²) in [6.07, 6.45) is 2.59. The quantitative estimate of drug-likeness (QED) is 0.919. The van der Waals surface area contributed by atoms with Crippen LogP contribution in [0.3, 0.4) is 0 Å². The summed E-state index contributed by atoms with van der Waals surface area (Å²) >= 11 is 0. The van der Waals surface area contributed by atoms with Gasteiger partial charge in [0, 0.05) is 12.2 Å². The van der Waals surface area contributed by atoms with Crippen molar-refractivity contribution in [3.8, 4) is 0 Å². The van der Waals surface area contributed by atoms with Gasteiger partial charge in [0.25, 0.3) is 12.3 Å². The van der Waals surface area contributed by atoms with Crippen LogP contribution in [-0.4, -0.2) is 16.9 Å². The Morgan fingerprint density at radius 2 is 2.00 bits per heavy atom. The highest BCUT2D eigenvalue weighted by molar-refractivity contribution is 5.95. The van der Waals surface area contributed by atoms with Crippen molar-refractivity contribution in [1.29, 1.82) is 0 Å². The van der Waals surface area contributed by atoms with Gasteiger partial charge in [-0.05, 0) is 50.2 Å². The molecule has 1 heterocycles. The maximum atomic E-state index is 12.9. The number of pyridine rings is 1. The standard InChI is InChI=1S/C15H20F2N2O/c1-9-3-5-11(6-4-9)19-15(20)12-7-10(2)8-18-13(12)14(16)17/h7-9,11,14H,3-6H2,1-2H3,(H,19,20)/t9-,11-. The molecule has 1 aromatic heterocycles. The van der Waals surface area contributed by atoms with E-state index in [4.69, 9.17) is 0 Å². The van der Waals surface area contributed by atoms with Gasteiger partial charge in [-0.1, -0.05) is 6.92 Å². The molecule has 0 unspecified atom stereocenters. The van der Waals surface area contributed by atoms with Crippen LogP contribution in [-0.2, 0) is 0 Å². The Bertz CT molecular complexity index is 483. The normalized spacial score (nSPS) is 22.9. The van der Waals surface area contributed by atoms with Crippen molar-refractivity contribution in [3.05, 3.63) is 29.1 Å². The fourth-order valence-corrected chi connectivity index (χ4v) is 2.60. The number of hydrogen-bond acceptors (Lipinski definition) is 2. The summed E-state index contributed by atoms with van der Waals surface area (Å²) in [7, 11) is 0. The Labute approximate surface area is 117 Å². The molecule has 1 N–H and O–H groups in total. The van der Waals surface area contributed by atoms with Crippen LogP contribution in [0.25, 0.3) is 0 Å². The molecule has 0 aromatic carbocycles. The molecule has 110 valence electrons. The van der Waals surface area contributed by atoms with Crippen molar-refractivity contribution >= 4 is 5.91 Å². The topological polar surface area (TPSA) is 42.0 Å². The number of carbonyl (C=O) groups excluding carboxylic acids is 1. The predicted octanol–water partition coefficient (Wildman–Crippen LogP) is 3.64. The first kappa shape index (κ1) is 14.9. The summed E-state index contributed by atoms with van der Waals surface area (Å²) < 4.78 is 25.8. The monoisotopic (exact) mass is 282 g/mol.